The smallest absolute Gasteiger partial charge is 0.310 e. The van der Waals surface area contributed by atoms with Gasteiger partial charge in [0.05, 0.1) is 25.2 Å². The Morgan fingerprint density at radius 3 is 2.69 bits per heavy atom. The number of furan rings is 1. The molecule has 0 aliphatic carbocycles. The minimum absolute atomic E-state index is 0.0617. The zero-order valence-electron chi connectivity index (χ0n) is 15.9. The molecule has 0 bridgehead atoms. The summed E-state index contributed by atoms with van der Waals surface area (Å²) in [7, 11) is 0. The van der Waals surface area contributed by atoms with Gasteiger partial charge in [-0.3, -0.25) is 9.59 Å². The number of fused-ring (bicyclic) bond motifs is 1. The Morgan fingerprint density at radius 2 is 1.97 bits per heavy atom. The molecule has 148 valence electrons. The standard InChI is InChI=1S/C22H20N2O5/c1-15-3-5-17(6-4-15)24(10-2-9-23)21(26)14-29-22(27)11-16-13-28-20-12-18(25)7-8-19(16)20/h3-8,12-13,25H,2,10-11,14H2,1H3. The molecule has 7 heteroatoms. The number of aryl methyl sites for hydroxylation is 1. The Morgan fingerprint density at radius 1 is 1.21 bits per heavy atom. The molecule has 0 aliphatic rings. The van der Waals surface area contributed by atoms with E-state index in [1.807, 2.05) is 25.1 Å². The number of anilines is 1. The lowest BCUT2D eigenvalue weighted by Gasteiger charge is -2.21. The second kappa shape index (κ2) is 8.93. The van der Waals surface area contributed by atoms with Crippen LogP contribution in [0.3, 0.4) is 0 Å². The van der Waals surface area contributed by atoms with Gasteiger partial charge >= 0.3 is 5.97 Å². The molecular weight excluding hydrogens is 372 g/mol. The molecule has 0 saturated heterocycles. The Hall–Kier alpha value is -3.79. The highest BCUT2D eigenvalue weighted by Crippen LogP contribution is 2.25. The highest BCUT2D eigenvalue weighted by atomic mass is 16.5. The first-order chi connectivity index (χ1) is 14.0. The van der Waals surface area contributed by atoms with Gasteiger partial charge < -0.3 is 19.2 Å². The van der Waals surface area contributed by atoms with Gasteiger partial charge in [-0.1, -0.05) is 17.7 Å². The highest BCUT2D eigenvalue weighted by Gasteiger charge is 2.18. The van der Waals surface area contributed by atoms with Gasteiger partial charge in [0, 0.05) is 29.2 Å². The third kappa shape index (κ3) is 4.93. The van der Waals surface area contributed by atoms with Crippen LogP contribution < -0.4 is 4.90 Å². The fourth-order valence-corrected chi connectivity index (χ4v) is 2.92. The van der Waals surface area contributed by atoms with Gasteiger partial charge in [0.2, 0.25) is 0 Å². The third-order valence-corrected chi connectivity index (χ3v) is 4.42. The van der Waals surface area contributed by atoms with Crippen molar-refractivity contribution in [2.75, 3.05) is 18.1 Å². The molecule has 1 aromatic heterocycles. The Kier molecular flexibility index (Phi) is 6.15. The maximum absolute atomic E-state index is 12.6. The zero-order valence-corrected chi connectivity index (χ0v) is 15.9. The minimum atomic E-state index is -0.571. The number of phenols is 1. The number of carbonyl (C=O) groups is 2. The van der Waals surface area contributed by atoms with Gasteiger partial charge in [-0.2, -0.15) is 5.26 Å². The molecule has 7 nitrogen and oxygen atoms in total. The van der Waals surface area contributed by atoms with Crippen molar-refractivity contribution in [3.05, 3.63) is 59.9 Å². The summed E-state index contributed by atoms with van der Waals surface area (Å²) in [6.07, 6.45) is 1.54. The maximum atomic E-state index is 12.6. The quantitative estimate of drug-likeness (QED) is 0.618. The van der Waals surface area contributed by atoms with Crippen molar-refractivity contribution in [1.29, 1.82) is 5.26 Å². The lowest BCUT2D eigenvalue weighted by Crippen LogP contribution is -2.35. The van der Waals surface area contributed by atoms with Crippen LogP contribution >= 0.6 is 0 Å². The second-order valence-electron chi connectivity index (χ2n) is 6.57. The highest BCUT2D eigenvalue weighted by molar-refractivity contribution is 5.95. The number of rotatable bonds is 7. The SMILES string of the molecule is Cc1ccc(N(CCC#N)C(=O)COC(=O)Cc2coc3cc(O)ccc23)cc1. The van der Waals surface area contributed by atoms with Gasteiger partial charge in [0.25, 0.3) is 5.91 Å². The Bertz CT molecular complexity index is 1060. The number of hydrogen-bond acceptors (Lipinski definition) is 6. The van der Waals surface area contributed by atoms with E-state index in [2.05, 4.69) is 0 Å². The molecule has 3 rings (SSSR count). The van der Waals surface area contributed by atoms with E-state index in [0.717, 1.165) is 5.56 Å². The normalized spacial score (nSPS) is 10.5. The molecular formula is C22H20N2O5. The van der Waals surface area contributed by atoms with Crippen LogP contribution in [0.5, 0.6) is 5.75 Å². The Balaban J connectivity index is 1.63. The largest absolute Gasteiger partial charge is 0.508 e. The van der Waals surface area contributed by atoms with Crippen LogP contribution in [0.15, 0.2) is 53.1 Å². The summed E-state index contributed by atoms with van der Waals surface area (Å²) in [6, 6.07) is 14.0. The van der Waals surface area contributed by atoms with Crippen LogP contribution in [0.2, 0.25) is 0 Å². The summed E-state index contributed by atoms with van der Waals surface area (Å²) in [4.78, 5) is 26.2. The van der Waals surface area contributed by atoms with E-state index in [1.54, 1.807) is 18.2 Å². The molecule has 1 N–H and O–H groups in total. The molecule has 2 aromatic carbocycles. The third-order valence-electron chi connectivity index (χ3n) is 4.42. The van der Waals surface area contributed by atoms with E-state index in [9.17, 15) is 14.7 Å². The number of ether oxygens (including phenoxy) is 1. The van der Waals surface area contributed by atoms with E-state index in [-0.39, 0.29) is 25.1 Å². The number of esters is 1. The molecule has 0 aliphatic heterocycles. The summed E-state index contributed by atoms with van der Waals surface area (Å²) in [5.41, 5.74) is 2.77. The van der Waals surface area contributed by atoms with Crippen molar-refractivity contribution in [3.63, 3.8) is 0 Å². The summed E-state index contributed by atoms with van der Waals surface area (Å²) >= 11 is 0. The minimum Gasteiger partial charge on any atom is -0.508 e. The molecule has 1 heterocycles. The molecule has 0 atom stereocenters. The maximum Gasteiger partial charge on any atom is 0.310 e. The van der Waals surface area contributed by atoms with Crippen LogP contribution in [0.25, 0.3) is 11.0 Å². The van der Waals surface area contributed by atoms with Crippen LogP contribution in [0.1, 0.15) is 17.5 Å². The van der Waals surface area contributed by atoms with Crippen molar-refractivity contribution in [1.82, 2.24) is 0 Å². The summed E-state index contributed by atoms with van der Waals surface area (Å²) in [5, 5.41) is 19.0. The van der Waals surface area contributed by atoms with Gasteiger partial charge in [-0.25, -0.2) is 0 Å². The topological polar surface area (TPSA) is 104 Å². The first-order valence-electron chi connectivity index (χ1n) is 9.06. The fourth-order valence-electron chi connectivity index (χ4n) is 2.92. The van der Waals surface area contributed by atoms with Gasteiger partial charge in [-0.15, -0.1) is 0 Å². The van der Waals surface area contributed by atoms with E-state index in [0.29, 0.717) is 22.2 Å². The predicted octanol–water partition coefficient (Wildman–Crippen LogP) is 3.48. The summed E-state index contributed by atoms with van der Waals surface area (Å²) in [5.74, 6) is -0.905. The van der Waals surface area contributed by atoms with E-state index < -0.39 is 18.5 Å². The zero-order chi connectivity index (χ0) is 20.8. The van der Waals surface area contributed by atoms with Crippen LogP contribution in [0.4, 0.5) is 5.69 Å². The molecule has 0 fully saturated rings. The number of benzene rings is 2. The number of aromatic hydroxyl groups is 1. The average Bonchev–Trinajstić information content (AvgIpc) is 3.09. The first-order valence-corrected chi connectivity index (χ1v) is 9.06. The lowest BCUT2D eigenvalue weighted by atomic mass is 10.1. The number of nitrogens with zero attached hydrogens (tertiary/aromatic N) is 2. The molecule has 29 heavy (non-hydrogen) atoms. The van der Waals surface area contributed by atoms with E-state index in [1.165, 1.54) is 23.3 Å². The number of phenolic OH excluding ortho intramolecular Hbond substituents is 1. The van der Waals surface area contributed by atoms with E-state index >= 15 is 0 Å². The monoisotopic (exact) mass is 392 g/mol. The van der Waals surface area contributed by atoms with Crippen molar-refractivity contribution in [3.8, 4) is 11.8 Å². The molecule has 0 saturated carbocycles. The van der Waals surface area contributed by atoms with Crippen LogP contribution in [-0.2, 0) is 20.7 Å². The molecule has 0 spiro atoms. The molecule has 0 unspecified atom stereocenters. The van der Waals surface area contributed by atoms with Gasteiger partial charge in [-0.05, 0) is 31.2 Å². The first kappa shape index (κ1) is 20.0. The predicted molar refractivity (Wildman–Crippen MR) is 106 cm³/mol. The Labute approximate surface area is 167 Å². The van der Waals surface area contributed by atoms with Gasteiger partial charge in [0.15, 0.2) is 6.61 Å². The number of hydrogen-bond donors (Lipinski definition) is 1. The molecule has 3 aromatic rings. The van der Waals surface area contributed by atoms with Crippen LogP contribution in [0, 0.1) is 18.3 Å². The fraction of sp³-hybridized carbons (Fsp3) is 0.227. The van der Waals surface area contributed by atoms with E-state index in [4.69, 9.17) is 14.4 Å². The average molecular weight is 392 g/mol. The van der Waals surface area contributed by atoms with Crippen molar-refractivity contribution < 1.29 is 23.8 Å². The van der Waals surface area contributed by atoms with Crippen molar-refractivity contribution >= 4 is 28.5 Å². The lowest BCUT2D eigenvalue weighted by molar-refractivity contribution is -0.147. The van der Waals surface area contributed by atoms with Crippen molar-refractivity contribution in [2.24, 2.45) is 0 Å². The number of amides is 1. The second-order valence-corrected chi connectivity index (χ2v) is 6.57. The number of carbonyl (C=O) groups excluding carboxylic acids is 2. The summed E-state index contributed by atoms with van der Waals surface area (Å²) < 4.78 is 10.5. The summed E-state index contributed by atoms with van der Waals surface area (Å²) in [6.45, 7) is 1.73. The molecule has 0 radical (unpaired) electrons. The van der Waals surface area contributed by atoms with Gasteiger partial charge in [0.1, 0.15) is 11.3 Å². The van der Waals surface area contributed by atoms with Crippen molar-refractivity contribution in [2.45, 2.75) is 19.8 Å². The molecule has 1 amide bonds. The number of nitriles is 1. The van der Waals surface area contributed by atoms with Crippen LogP contribution in [-0.4, -0.2) is 30.1 Å².